The number of unbranched alkanes of at least 4 members (excludes halogenated alkanes) is 1. The van der Waals surface area contributed by atoms with E-state index in [1.54, 1.807) is 25.6 Å². The first kappa shape index (κ1) is 20.7. The molecule has 1 heterocycles. The van der Waals surface area contributed by atoms with Crippen LogP contribution >= 0.6 is 11.3 Å². The maximum Gasteiger partial charge on any atom is 0.311 e. The number of esters is 1. The molecule has 0 fully saturated rings. The van der Waals surface area contributed by atoms with Gasteiger partial charge in [0.1, 0.15) is 0 Å². The maximum absolute atomic E-state index is 11.5. The number of ether oxygens (including phenoxy) is 3. The summed E-state index contributed by atoms with van der Waals surface area (Å²) in [6.45, 7) is 4.93. The Labute approximate surface area is 163 Å². The first-order chi connectivity index (χ1) is 13.2. The SMILES string of the molecule is CCCCOc1ccc(C=NNc2nc(CC(=O)OCC)cs2)cc1OC. The summed E-state index contributed by atoms with van der Waals surface area (Å²) in [4.78, 5) is 15.8. The van der Waals surface area contributed by atoms with Crippen LogP contribution in [0.2, 0.25) is 0 Å². The summed E-state index contributed by atoms with van der Waals surface area (Å²) in [5.74, 6) is 1.10. The number of methoxy groups -OCH3 is 1. The fraction of sp³-hybridized carbons (Fsp3) is 0.421. The van der Waals surface area contributed by atoms with Crippen LogP contribution in [0, 0.1) is 0 Å². The van der Waals surface area contributed by atoms with E-state index in [1.165, 1.54) is 11.3 Å². The van der Waals surface area contributed by atoms with Gasteiger partial charge in [0.2, 0.25) is 5.13 Å². The van der Waals surface area contributed by atoms with Gasteiger partial charge in [-0.15, -0.1) is 11.3 Å². The van der Waals surface area contributed by atoms with Crippen LogP contribution < -0.4 is 14.9 Å². The molecule has 0 spiro atoms. The molecule has 27 heavy (non-hydrogen) atoms. The number of rotatable bonds is 11. The summed E-state index contributed by atoms with van der Waals surface area (Å²) >= 11 is 1.38. The minimum Gasteiger partial charge on any atom is -0.493 e. The summed E-state index contributed by atoms with van der Waals surface area (Å²) in [7, 11) is 1.61. The van der Waals surface area contributed by atoms with Crippen molar-refractivity contribution >= 4 is 28.7 Å². The lowest BCUT2D eigenvalue weighted by Gasteiger charge is -2.10. The molecule has 1 aromatic heterocycles. The van der Waals surface area contributed by atoms with Crippen LogP contribution in [-0.2, 0) is 16.0 Å². The average Bonchev–Trinajstić information content (AvgIpc) is 3.10. The second-order valence-corrected chi connectivity index (χ2v) is 6.47. The highest BCUT2D eigenvalue weighted by molar-refractivity contribution is 7.13. The monoisotopic (exact) mass is 391 g/mol. The van der Waals surface area contributed by atoms with E-state index in [-0.39, 0.29) is 12.4 Å². The van der Waals surface area contributed by atoms with Crippen molar-refractivity contribution in [2.75, 3.05) is 25.7 Å². The molecule has 0 aliphatic rings. The quantitative estimate of drug-likeness (QED) is 0.271. The molecule has 146 valence electrons. The molecule has 0 unspecified atom stereocenters. The fourth-order valence-corrected chi connectivity index (χ4v) is 2.83. The lowest BCUT2D eigenvalue weighted by atomic mass is 10.2. The fourth-order valence-electron chi connectivity index (χ4n) is 2.17. The maximum atomic E-state index is 11.5. The number of anilines is 1. The molecule has 2 rings (SSSR count). The van der Waals surface area contributed by atoms with E-state index in [0.717, 1.165) is 24.2 Å². The molecule has 0 amide bonds. The first-order valence-electron chi connectivity index (χ1n) is 8.86. The predicted octanol–water partition coefficient (Wildman–Crippen LogP) is 3.88. The summed E-state index contributed by atoms with van der Waals surface area (Å²) in [5.41, 5.74) is 4.39. The lowest BCUT2D eigenvalue weighted by Crippen LogP contribution is -2.07. The Morgan fingerprint density at radius 1 is 1.33 bits per heavy atom. The average molecular weight is 391 g/mol. The Morgan fingerprint density at radius 2 is 2.19 bits per heavy atom. The van der Waals surface area contributed by atoms with Crippen molar-refractivity contribution in [2.45, 2.75) is 33.1 Å². The van der Waals surface area contributed by atoms with Crippen molar-refractivity contribution < 1.29 is 19.0 Å². The van der Waals surface area contributed by atoms with E-state index in [4.69, 9.17) is 14.2 Å². The molecule has 1 aromatic carbocycles. The van der Waals surface area contributed by atoms with E-state index >= 15 is 0 Å². The number of hydrogen-bond donors (Lipinski definition) is 1. The summed E-state index contributed by atoms with van der Waals surface area (Å²) in [5, 5.41) is 6.60. The van der Waals surface area contributed by atoms with Gasteiger partial charge in [0.05, 0.1) is 38.7 Å². The second kappa shape index (κ2) is 11.2. The van der Waals surface area contributed by atoms with Gasteiger partial charge in [-0.3, -0.25) is 10.2 Å². The zero-order valence-electron chi connectivity index (χ0n) is 15.9. The van der Waals surface area contributed by atoms with E-state index in [2.05, 4.69) is 22.4 Å². The number of hydrazone groups is 1. The van der Waals surface area contributed by atoms with Crippen LogP contribution in [-0.4, -0.2) is 37.5 Å². The number of aromatic nitrogens is 1. The molecule has 0 saturated carbocycles. The molecule has 0 atom stereocenters. The van der Waals surface area contributed by atoms with Crippen LogP contribution in [0.3, 0.4) is 0 Å². The molecule has 7 nitrogen and oxygen atoms in total. The Kier molecular flexibility index (Phi) is 8.57. The Balaban J connectivity index is 1.92. The van der Waals surface area contributed by atoms with Crippen LogP contribution in [0.4, 0.5) is 5.13 Å². The second-order valence-electron chi connectivity index (χ2n) is 5.61. The van der Waals surface area contributed by atoms with Gasteiger partial charge in [-0.2, -0.15) is 5.10 Å². The molecule has 0 aliphatic heterocycles. The van der Waals surface area contributed by atoms with E-state index < -0.39 is 0 Å². The van der Waals surface area contributed by atoms with Gasteiger partial charge in [-0.25, -0.2) is 4.98 Å². The third-order valence-corrected chi connectivity index (χ3v) is 4.30. The molecule has 2 aromatic rings. The van der Waals surface area contributed by atoms with Crippen LogP contribution in [0.1, 0.15) is 37.9 Å². The van der Waals surface area contributed by atoms with Crippen molar-refractivity contribution in [3.05, 3.63) is 34.8 Å². The normalized spacial score (nSPS) is 10.8. The first-order valence-corrected chi connectivity index (χ1v) is 9.74. The largest absolute Gasteiger partial charge is 0.493 e. The van der Waals surface area contributed by atoms with Gasteiger partial charge in [0.15, 0.2) is 11.5 Å². The minimum absolute atomic E-state index is 0.159. The van der Waals surface area contributed by atoms with Crippen molar-refractivity contribution in [1.29, 1.82) is 0 Å². The van der Waals surface area contributed by atoms with Crippen molar-refractivity contribution in [3.63, 3.8) is 0 Å². The molecule has 0 bridgehead atoms. The van der Waals surface area contributed by atoms with E-state index in [0.29, 0.717) is 29.8 Å². The third-order valence-electron chi connectivity index (χ3n) is 3.50. The Bertz CT molecular complexity index is 761. The number of thiazole rings is 1. The standard InChI is InChI=1S/C19H25N3O4S/c1-4-6-9-26-16-8-7-14(10-17(16)24-3)12-20-22-19-21-15(13-27-19)11-18(23)25-5-2/h7-8,10,12-13H,4-6,9,11H2,1-3H3,(H,21,22). The van der Waals surface area contributed by atoms with Crippen LogP contribution in [0.25, 0.3) is 0 Å². The summed E-state index contributed by atoms with van der Waals surface area (Å²) in [6.07, 6.45) is 3.91. The number of carbonyl (C=O) groups excluding carboxylic acids is 1. The van der Waals surface area contributed by atoms with Gasteiger partial charge >= 0.3 is 5.97 Å². The third kappa shape index (κ3) is 6.90. The number of nitrogens with one attached hydrogen (secondary N) is 1. The van der Waals surface area contributed by atoms with Gasteiger partial charge in [0, 0.05) is 5.38 Å². The van der Waals surface area contributed by atoms with Gasteiger partial charge in [0.25, 0.3) is 0 Å². The van der Waals surface area contributed by atoms with Crippen molar-refractivity contribution in [2.24, 2.45) is 5.10 Å². The zero-order chi connectivity index (χ0) is 19.5. The molecular formula is C19H25N3O4S. The molecule has 0 aliphatic carbocycles. The highest BCUT2D eigenvalue weighted by Crippen LogP contribution is 2.27. The number of benzene rings is 1. The molecule has 1 N–H and O–H groups in total. The summed E-state index contributed by atoms with van der Waals surface area (Å²) < 4.78 is 16.0. The number of hydrogen-bond acceptors (Lipinski definition) is 8. The molecule has 0 saturated heterocycles. The Hall–Kier alpha value is -2.61. The molecular weight excluding hydrogens is 366 g/mol. The van der Waals surface area contributed by atoms with Crippen molar-refractivity contribution in [1.82, 2.24) is 4.98 Å². The smallest absolute Gasteiger partial charge is 0.311 e. The number of carbonyl (C=O) groups is 1. The van der Waals surface area contributed by atoms with Crippen molar-refractivity contribution in [3.8, 4) is 11.5 Å². The Morgan fingerprint density at radius 3 is 2.93 bits per heavy atom. The van der Waals surface area contributed by atoms with E-state index in [9.17, 15) is 4.79 Å². The highest BCUT2D eigenvalue weighted by Gasteiger charge is 2.08. The van der Waals surface area contributed by atoms with Crippen LogP contribution in [0.15, 0.2) is 28.7 Å². The van der Waals surface area contributed by atoms with Gasteiger partial charge in [-0.1, -0.05) is 13.3 Å². The predicted molar refractivity (Wildman–Crippen MR) is 107 cm³/mol. The molecule has 8 heteroatoms. The van der Waals surface area contributed by atoms with E-state index in [1.807, 2.05) is 18.2 Å². The highest BCUT2D eigenvalue weighted by atomic mass is 32.1. The zero-order valence-corrected chi connectivity index (χ0v) is 16.7. The van der Waals surface area contributed by atoms with Gasteiger partial charge in [-0.05, 0) is 37.1 Å². The van der Waals surface area contributed by atoms with Crippen LogP contribution in [0.5, 0.6) is 11.5 Å². The van der Waals surface area contributed by atoms with Gasteiger partial charge < -0.3 is 14.2 Å². The number of nitrogens with zero attached hydrogens (tertiary/aromatic N) is 2. The summed E-state index contributed by atoms with van der Waals surface area (Å²) in [6, 6.07) is 5.64. The minimum atomic E-state index is -0.286. The molecule has 0 radical (unpaired) electrons. The lowest BCUT2D eigenvalue weighted by molar-refractivity contribution is -0.142. The topological polar surface area (TPSA) is 82.0 Å².